The van der Waals surface area contributed by atoms with E-state index in [0.717, 1.165) is 5.56 Å². The van der Waals surface area contributed by atoms with Gasteiger partial charge in [0.05, 0.1) is 24.9 Å². The first kappa shape index (κ1) is 17.7. The number of carbonyl (C=O) groups excluding carboxylic acids is 2. The zero-order valence-electron chi connectivity index (χ0n) is 13.2. The van der Waals surface area contributed by atoms with Crippen molar-refractivity contribution in [2.24, 2.45) is 0 Å². The lowest BCUT2D eigenvalue weighted by Crippen LogP contribution is -2.33. The average molecular weight is 351 g/mol. The highest BCUT2D eigenvalue weighted by molar-refractivity contribution is 6.31. The third-order valence-corrected chi connectivity index (χ3v) is 3.69. The lowest BCUT2D eigenvalue weighted by Gasteiger charge is -2.12. The second kappa shape index (κ2) is 7.79. The molecule has 0 aliphatic rings. The molecule has 24 heavy (non-hydrogen) atoms. The maximum Gasteiger partial charge on any atom is 0.254 e. The predicted molar refractivity (Wildman–Crippen MR) is 90.1 cm³/mol. The number of methoxy groups -OCH3 is 1. The van der Waals surface area contributed by atoms with E-state index < -0.39 is 17.6 Å². The van der Waals surface area contributed by atoms with Crippen molar-refractivity contribution >= 4 is 29.1 Å². The zero-order chi connectivity index (χ0) is 17.7. The summed E-state index contributed by atoms with van der Waals surface area (Å²) in [6.45, 7) is 1.48. The fraction of sp³-hybridized carbons (Fsp3) is 0.176. The summed E-state index contributed by atoms with van der Waals surface area (Å²) in [6, 6.07) is 8.79. The Morgan fingerprint density at radius 3 is 2.62 bits per heavy atom. The number of nitrogens with one attached hydrogen (secondary N) is 2. The summed E-state index contributed by atoms with van der Waals surface area (Å²) in [4.78, 5) is 23.9. The van der Waals surface area contributed by atoms with Crippen LogP contribution in [0.1, 0.15) is 15.9 Å². The highest BCUT2D eigenvalue weighted by Gasteiger charge is 2.14. The van der Waals surface area contributed by atoms with E-state index in [1.165, 1.54) is 25.3 Å². The molecule has 2 amide bonds. The van der Waals surface area contributed by atoms with Gasteiger partial charge in [0, 0.05) is 11.1 Å². The van der Waals surface area contributed by atoms with Crippen LogP contribution >= 0.6 is 11.6 Å². The lowest BCUT2D eigenvalue weighted by molar-refractivity contribution is -0.115. The standard InChI is InChI=1S/C17H16ClFN2O3/c1-10-7-14(15(24-2)8-12(10)18)21-16(22)9-20-17(23)11-5-3-4-6-13(11)19/h3-8H,9H2,1-2H3,(H,20,23)(H,21,22). The van der Waals surface area contributed by atoms with Crippen LogP contribution in [0.4, 0.5) is 10.1 Å². The number of ether oxygens (including phenoxy) is 1. The van der Waals surface area contributed by atoms with E-state index in [1.54, 1.807) is 25.1 Å². The smallest absolute Gasteiger partial charge is 0.254 e. The largest absolute Gasteiger partial charge is 0.495 e. The monoisotopic (exact) mass is 350 g/mol. The van der Waals surface area contributed by atoms with Crippen molar-refractivity contribution in [3.05, 3.63) is 58.4 Å². The molecule has 0 saturated carbocycles. The SMILES string of the molecule is COc1cc(Cl)c(C)cc1NC(=O)CNC(=O)c1ccccc1F. The van der Waals surface area contributed by atoms with Crippen LogP contribution in [-0.2, 0) is 4.79 Å². The molecule has 0 fully saturated rings. The number of aryl methyl sites for hydroxylation is 1. The number of hydrogen-bond donors (Lipinski definition) is 2. The highest BCUT2D eigenvalue weighted by atomic mass is 35.5. The van der Waals surface area contributed by atoms with Crippen molar-refractivity contribution < 1.29 is 18.7 Å². The summed E-state index contributed by atoms with van der Waals surface area (Å²) >= 11 is 6.00. The molecule has 5 nitrogen and oxygen atoms in total. The molecule has 0 bridgehead atoms. The minimum Gasteiger partial charge on any atom is -0.495 e. The van der Waals surface area contributed by atoms with Crippen LogP contribution in [-0.4, -0.2) is 25.5 Å². The number of hydrogen-bond acceptors (Lipinski definition) is 3. The second-order valence-electron chi connectivity index (χ2n) is 5.01. The Morgan fingerprint density at radius 2 is 1.96 bits per heavy atom. The van der Waals surface area contributed by atoms with Crippen LogP contribution in [0.15, 0.2) is 36.4 Å². The molecule has 126 valence electrons. The zero-order valence-corrected chi connectivity index (χ0v) is 13.9. The van der Waals surface area contributed by atoms with Gasteiger partial charge in [-0.25, -0.2) is 4.39 Å². The van der Waals surface area contributed by atoms with Crippen molar-refractivity contribution in [2.75, 3.05) is 19.0 Å². The van der Waals surface area contributed by atoms with Gasteiger partial charge in [-0.3, -0.25) is 9.59 Å². The van der Waals surface area contributed by atoms with E-state index in [1.807, 2.05) is 0 Å². The number of rotatable bonds is 5. The van der Waals surface area contributed by atoms with Gasteiger partial charge in [0.15, 0.2) is 0 Å². The van der Waals surface area contributed by atoms with Gasteiger partial charge in [0.1, 0.15) is 11.6 Å². The lowest BCUT2D eigenvalue weighted by atomic mass is 10.2. The average Bonchev–Trinajstić information content (AvgIpc) is 2.56. The summed E-state index contributed by atoms with van der Waals surface area (Å²) in [5, 5.41) is 5.50. The molecule has 7 heteroatoms. The molecule has 0 aliphatic carbocycles. The van der Waals surface area contributed by atoms with E-state index in [-0.39, 0.29) is 12.1 Å². The highest BCUT2D eigenvalue weighted by Crippen LogP contribution is 2.30. The molecule has 2 aromatic rings. The maximum absolute atomic E-state index is 13.5. The molecule has 0 heterocycles. The van der Waals surface area contributed by atoms with E-state index in [2.05, 4.69) is 10.6 Å². The number of benzene rings is 2. The molecule has 0 saturated heterocycles. The van der Waals surface area contributed by atoms with Gasteiger partial charge in [0.2, 0.25) is 5.91 Å². The molecule has 0 unspecified atom stereocenters. The van der Waals surface area contributed by atoms with Crippen molar-refractivity contribution in [1.29, 1.82) is 0 Å². The molecule has 0 atom stereocenters. The van der Waals surface area contributed by atoms with Crippen molar-refractivity contribution in [3.63, 3.8) is 0 Å². The van der Waals surface area contributed by atoms with E-state index in [4.69, 9.17) is 16.3 Å². The van der Waals surface area contributed by atoms with Gasteiger partial charge in [-0.1, -0.05) is 23.7 Å². The van der Waals surface area contributed by atoms with Gasteiger partial charge < -0.3 is 15.4 Å². The number of amides is 2. The van der Waals surface area contributed by atoms with Crippen LogP contribution in [0.2, 0.25) is 5.02 Å². The van der Waals surface area contributed by atoms with E-state index in [0.29, 0.717) is 16.5 Å². The van der Waals surface area contributed by atoms with Crippen molar-refractivity contribution in [1.82, 2.24) is 5.32 Å². The minimum absolute atomic E-state index is 0.120. The summed E-state index contributed by atoms with van der Waals surface area (Å²) in [7, 11) is 1.45. The van der Waals surface area contributed by atoms with Crippen LogP contribution < -0.4 is 15.4 Å². The molecule has 2 rings (SSSR count). The second-order valence-corrected chi connectivity index (χ2v) is 5.42. The molecule has 2 N–H and O–H groups in total. The fourth-order valence-electron chi connectivity index (χ4n) is 2.03. The Morgan fingerprint density at radius 1 is 1.25 bits per heavy atom. The Balaban J connectivity index is 2.00. The molecule has 0 aliphatic heterocycles. The Hall–Kier alpha value is -2.60. The number of anilines is 1. The van der Waals surface area contributed by atoms with Gasteiger partial charge >= 0.3 is 0 Å². The third kappa shape index (κ3) is 4.23. The molecule has 2 aromatic carbocycles. The van der Waals surface area contributed by atoms with E-state index >= 15 is 0 Å². The molecule has 0 aromatic heterocycles. The molecular weight excluding hydrogens is 335 g/mol. The Labute approximate surface area is 143 Å². The Kier molecular flexibility index (Phi) is 5.76. The number of carbonyl (C=O) groups is 2. The summed E-state index contributed by atoms with van der Waals surface area (Å²) < 4.78 is 18.7. The molecular formula is C17H16ClFN2O3. The first-order valence-corrected chi connectivity index (χ1v) is 7.47. The predicted octanol–water partition coefficient (Wildman–Crippen LogP) is 3.16. The first-order chi connectivity index (χ1) is 11.4. The van der Waals surface area contributed by atoms with Crippen LogP contribution in [0.25, 0.3) is 0 Å². The third-order valence-electron chi connectivity index (χ3n) is 3.28. The van der Waals surface area contributed by atoms with Gasteiger partial charge in [-0.15, -0.1) is 0 Å². The Bertz CT molecular complexity index is 780. The normalized spacial score (nSPS) is 10.2. The van der Waals surface area contributed by atoms with Crippen molar-refractivity contribution in [2.45, 2.75) is 6.92 Å². The maximum atomic E-state index is 13.5. The topological polar surface area (TPSA) is 67.4 Å². The quantitative estimate of drug-likeness (QED) is 0.870. The summed E-state index contributed by atoms with van der Waals surface area (Å²) in [5.74, 6) is -1.38. The van der Waals surface area contributed by atoms with E-state index in [9.17, 15) is 14.0 Å². The van der Waals surface area contributed by atoms with Gasteiger partial charge in [-0.2, -0.15) is 0 Å². The fourth-order valence-corrected chi connectivity index (χ4v) is 2.18. The number of halogens is 2. The van der Waals surface area contributed by atoms with Crippen LogP contribution in [0.3, 0.4) is 0 Å². The summed E-state index contributed by atoms with van der Waals surface area (Å²) in [6.07, 6.45) is 0. The summed E-state index contributed by atoms with van der Waals surface area (Å²) in [5.41, 5.74) is 1.08. The first-order valence-electron chi connectivity index (χ1n) is 7.09. The van der Waals surface area contributed by atoms with Crippen LogP contribution in [0, 0.1) is 12.7 Å². The van der Waals surface area contributed by atoms with Gasteiger partial charge in [0.25, 0.3) is 5.91 Å². The van der Waals surface area contributed by atoms with Crippen molar-refractivity contribution in [3.8, 4) is 5.75 Å². The van der Waals surface area contributed by atoms with Crippen LogP contribution in [0.5, 0.6) is 5.75 Å². The molecule has 0 spiro atoms. The molecule has 0 radical (unpaired) electrons. The van der Waals surface area contributed by atoms with Gasteiger partial charge in [-0.05, 0) is 30.7 Å². The minimum atomic E-state index is -0.664.